The molecule has 1 rings (SSSR count). The summed E-state index contributed by atoms with van der Waals surface area (Å²) in [6.45, 7) is 8.26. The van der Waals surface area contributed by atoms with E-state index in [2.05, 4.69) is 43.4 Å². The van der Waals surface area contributed by atoms with Gasteiger partial charge in [-0.05, 0) is 44.5 Å². The molecule has 1 aromatic rings. The summed E-state index contributed by atoms with van der Waals surface area (Å²) in [4.78, 5) is 1.27. The molecule has 0 saturated heterocycles. The van der Waals surface area contributed by atoms with Gasteiger partial charge in [0.1, 0.15) is 0 Å². The Morgan fingerprint density at radius 1 is 1.24 bits per heavy atom. The summed E-state index contributed by atoms with van der Waals surface area (Å²) in [6, 6.07) is 9.16. The second kappa shape index (κ2) is 8.56. The van der Waals surface area contributed by atoms with Gasteiger partial charge < -0.3 is 10.1 Å². The van der Waals surface area contributed by atoms with Gasteiger partial charge in [0.15, 0.2) is 0 Å². The lowest BCUT2D eigenvalue weighted by molar-refractivity contribution is 0.199. The molecule has 0 heterocycles. The van der Waals surface area contributed by atoms with Crippen molar-refractivity contribution in [3.8, 4) is 0 Å². The minimum Gasteiger partial charge on any atom is -0.371 e. The van der Waals surface area contributed by atoms with E-state index in [1.807, 2.05) is 6.92 Å². The molecule has 1 N–H and O–H groups in total. The minimum atomic E-state index is 0.431. The number of hydrogen-bond donors (Lipinski definition) is 1. The third-order valence-electron chi connectivity index (χ3n) is 2.59. The third kappa shape index (κ3) is 5.57. The van der Waals surface area contributed by atoms with Gasteiger partial charge in [-0.2, -0.15) is 0 Å². The van der Waals surface area contributed by atoms with Gasteiger partial charge in [-0.25, -0.2) is 0 Å². The van der Waals surface area contributed by atoms with Gasteiger partial charge in [-0.15, -0.1) is 0 Å². The molecule has 0 aliphatic rings. The van der Waals surface area contributed by atoms with Crippen molar-refractivity contribution in [2.75, 3.05) is 19.1 Å². The first kappa shape index (κ1) is 14.6. The zero-order valence-corrected chi connectivity index (χ0v) is 11.8. The van der Waals surface area contributed by atoms with E-state index in [4.69, 9.17) is 4.74 Å². The molecular weight excluding hydrogens is 230 g/mol. The van der Waals surface area contributed by atoms with Crippen LogP contribution < -0.4 is 5.32 Å². The number of benzene rings is 1. The number of rotatable bonds is 8. The number of ether oxygens (including phenoxy) is 1. The Morgan fingerprint density at radius 3 is 2.53 bits per heavy atom. The lowest BCUT2D eigenvalue weighted by Crippen LogP contribution is -2.19. The molecule has 1 unspecified atom stereocenters. The van der Waals surface area contributed by atoms with Gasteiger partial charge in [0.25, 0.3) is 0 Å². The number of nitrogens with one attached hydrogen (secondary N) is 1. The quantitative estimate of drug-likeness (QED) is 0.432. The van der Waals surface area contributed by atoms with Crippen molar-refractivity contribution in [1.29, 1.82) is 0 Å². The summed E-state index contributed by atoms with van der Waals surface area (Å²) < 4.78 is 5.32. The van der Waals surface area contributed by atoms with E-state index < -0.39 is 0 Å². The fraction of sp³-hybridized carbons (Fsp3) is 0.571. The average Bonchev–Trinajstić information content (AvgIpc) is 2.37. The van der Waals surface area contributed by atoms with Crippen molar-refractivity contribution in [3.63, 3.8) is 0 Å². The summed E-state index contributed by atoms with van der Waals surface area (Å²) in [5.74, 6) is 0.736. The molecule has 96 valence electrons. The van der Waals surface area contributed by atoms with Gasteiger partial charge in [-0.3, -0.25) is 0 Å². The highest BCUT2D eigenvalue weighted by Gasteiger charge is 2.03. The SMILES string of the molecule is CCCNC(C)c1ccc(SCOCC)cc1. The van der Waals surface area contributed by atoms with Gasteiger partial charge in [0, 0.05) is 17.5 Å². The van der Waals surface area contributed by atoms with Crippen LogP contribution in [-0.4, -0.2) is 19.1 Å². The summed E-state index contributed by atoms with van der Waals surface area (Å²) in [5.41, 5.74) is 1.35. The van der Waals surface area contributed by atoms with Crippen LogP contribution in [0, 0.1) is 0 Å². The highest BCUT2D eigenvalue weighted by atomic mass is 32.2. The summed E-state index contributed by atoms with van der Waals surface area (Å²) in [5, 5.41) is 3.49. The predicted molar refractivity (Wildman–Crippen MR) is 75.5 cm³/mol. The maximum Gasteiger partial charge on any atom is 0.0966 e. The maximum absolute atomic E-state index is 5.32. The van der Waals surface area contributed by atoms with Crippen molar-refractivity contribution in [2.24, 2.45) is 0 Å². The van der Waals surface area contributed by atoms with E-state index in [-0.39, 0.29) is 0 Å². The van der Waals surface area contributed by atoms with E-state index in [1.54, 1.807) is 11.8 Å². The molecule has 2 nitrogen and oxygen atoms in total. The second-order valence-electron chi connectivity index (χ2n) is 4.00. The topological polar surface area (TPSA) is 21.3 Å². The van der Waals surface area contributed by atoms with Crippen LogP contribution in [0.25, 0.3) is 0 Å². The zero-order chi connectivity index (χ0) is 12.5. The van der Waals surface area contributed by atoms with Gasteiger partial charge in [0.2, 0.25) is 0 Å². The molecule has 0 saturated carbocycles. The molecule has 0 aliphatic heterocycles. The molecule has 17 heavy (non-hydrogen) atoms. The molecule has 0 fully saturated rings. The second-order valence-corrected chi connectivity index (χ2v) is 5.00. The largest absolute Gasteiger partial charge is 0.371 e. The van der Waals surface area contributed by atoms with Gasteiger partial charge in [-0.1, -0.05) is 30.8 Å². The fourth-order valence-corrected chi connectivity index (χ4v) is 2.24. The van der Waals surface area contributed by atoms with Crippen LogP contribution in [-0.2, 0) is 4.74 Å². The zero-order valence-electron chi connectivity index (χ0n) is 11.0. The molecule has 3 heteroatoms. The van der Waals surface area contributed by atoms with E-state index in [1.165, 1.54) is 16.9 Å². The van der Waals surface area contributed by atoms with Crippen molar-refractivity contribution < 1.29 is 4.74 Å². The summed E-state index contributed by atoms with van der Waals surface area (Å²) in [7, 11) is 0. The number of hydrogen-bond acceptors (Lipinski definition) is 3. The predicted octanol–water partition coefficient (Wildman–Crippen LogP) is 3.83. The molecule has 0 radical (unpaired) electrons. The number of thioether (sulfide) groups is 1. The molecule has 0 aromatic heterocycles. The average molecular weight is 253 g/mol. The van der Waals surface area contributed by atoms with Crippen LogP contribution in [0.3, 0.4) is 0 Å². The first-order valence-corrected chi connectivity index (χ1v) is 7.30. The highest BCUT2D eigenvalue weighted by Crippen LogP contribution is 2.21. The lowest BCUT2D eigenvalue weighted by atomic mass is 10.1. The van der Waals surface area contributed by atoms with E-state index in [0.29, 0.717) is 6.04 Å². The Balaban J connectivity index is 2.43. The van der Waals surface area contributed by atoms with E-state index in [9.17, 15) is 0 Å². The van der Waals surface area contributed by atoms with E-state index in [0.717, 1.165) is 19.1 Å². The molecule has 1 atom stereocenters. The van der Waals surface area contributed by atoms with Crippen molar-refractivity contribution in [2.45, 2.75) is 38.1 Å². The van der Waals surface area contributed by atoms with Crippen LogP contribution in [0.4, 0.5) is 0 Å². The summed E-state index contributed by atoms with van der Waals surface area (Å²) >= 11 is 1.74. The molecule has 0 spiro atoms. The molecule has 0 bridgehead atoms. The van der Waals surface area contributed by atoms with Crippen LogP contribution >= 0.6 is 11.8 Å². The van der Waals surface area contributed by atoms with Crippen molar-refractivity contribution in [3.05, 3.63) is 29.8 Å². The van der Waals surface area contributed by atoms with Crippen LogP contribution in [0.5, 0.6) is 0 Å². The van der Waals surface area contributed by atoms with Crippen LogP contribution in [0.1, 0.15) is 38.8 Å². The molecule has 1 aromatic carbocycles. The van der Waals surface area contributed by atoms with E-state index >= 15 is 0 Å². The van der Waals surface area contributed by atoms with Gasteiger partial charge in [0.05, 0.1) is 5.94 Å². The maximum atomic E-state index is 5.32. The fourth-order valence-electron chi connectivity index (χ4n) is 1.52. The molecule has 0 aliphatic carbocycles. The Bertz CT molecular complexity index is 300. The standard InChI is InChI=1S/C14H23NOS/c1-4-10-15-12(3)13-6-8-14(9-7-13)17-11-16-5-2/h6-9,12,15H,4-5,10-11H2,1-3H3. The van der Waals surface area contributed by atoms with Crippen molar-refractivity contribution >= 4 is 11.8 Å². The van der Waals surface area contributed by atoms with Crippen LogP contribution in [0.2, 0.25) is 0 Å². The van der Waals surface area contributed by atoms with Crippen molar-refractivity contribution in [1.82, 2.24) is 5.32 Å². The normalized spacial score (nSPS) is 12.6. The minimum absolute atomic E-state index is 0.431. The molecule has 0 amide bonds. The van der Waals surface area contributed by atoms with Gasteiger partial charge >= 0.3 is 0 Å². The van der Waals surface area contributed by atoms with Crippen LogP contribution in [0.15, 0.2) is 29.2 Å². The Morgan fingerprint density at radius 2 is 1.94 bits per heavy atom. The Labute approximate surface area is 109 Å². The highest BCUT2D eigenvalue weighted by molar-refractivity contribution is 7.99. The first-order chi connectivity index (χ1) is 8.27. The monoisotopic (exact) mass is 253 g/mol. The molecular formula is C14H23NOS. The Kier molecular flexibility index (Phi) is 7.33. The lowest BCUT2D eigenvalue weighted by Gasteiger charge is -2.13. The smallest absolute Gasteiger partial charge is 0.0966 e. The first-order valence-electron chi connectivity index (χ1n) is 6.31. The third-order valence-corrected chi connectivity index (χ3v) is 3.48. The summed E-state index contributed by atoms with van der Waals surface area (Å²) in [6.07, 6.45) is 1.17. The Hall–Kier alpha value is -0.510.